The molecule has 0 bridgehead atoms. The average molecular weight is 637 g/mol. The smallest absolute Gasteiger partial charge is 0.0637 e. The van der Waals surface area contributed by atoms with Crippen LogP contribution in [0.4, 0.5) is 0 Å². The van der Waals surface area contributed by atoms with Crippen LogP contribution in [0.15, 0.2) is 5.11 Å². The first-order chi connectivity index (χ1) is 21.8. The molecule has 10 heteroatoms. The van der Waals surface area contributed by atoms with Crippen molar-refractivity contribution in [3.05, 3.63) is 10.4 Å². The molecule has 262 valence electrons. The third-order valence-corrected chi connectivity index (χ3v) is 12.5. The molecular formula is C35H68N6O4. The van der Waals surface area contributed by atoms with Crippen molar-refractivity contribution in [2.24, 2.45) is 68.7 Å². The van der Waals surface area contributed by atoms with Crippen LogP contribution in [-0.4, -0.2) is 76.0 Å². The van der Waals surface area contributed by atoms with Crippen molar-refractivity contribution < 1.29 is 19.3 Å². The zero-order valence-electron chi connectivity index (χ0n) is 29.1. The summed E-state index contributed by atoms with van der Waals surface area (Å²) in [5.41, 5.74) is 25.6. The van der Waals surface area contributed by atoms with Crippen LogP contribution in [0.2, 0.25) is 0 Å². The Bertz CT molecular complexity index is 892. The number of fused-ring (bicyclic) bond motifs is 5. The Labute approximate surface area is 273 Å². The zero-order chi connectivity index (χ0) is 32.9. The summed E-state index contributed by atoms with van der Waals surface area (Å²) in [7, 11) is 0. The van der Waals surface area contributed by atoms with Crippen molar-refractivity contribution in [2.45, 2.75) is 123 Å². The zero-order valence-corrected chi connectivity index (χ0v) is 29.1. The molecule has 4 aliphatic carbocycles. The van der Waals surface area contributed by atoms with E-state index in [4.69, 9.17) is 36.9 Å². The van der Waals surface area contributed by atoms with Crippen molar-refractivity contribution in [3.63, 3.8) is 0 Å². The Morgan fingerprint density at radius 1 is 0.889 bits per heavy atom. The van der Waals surface area contributed by atoms with E-state index in [1.54, 1.807) is 0 Å². The fraction of sp³-hybridized carbons (Fsp3) is 1.00. The van der Waals surface area contributed by atoms with E-state index in [2.05, 4.69) is 37.7 Å². The van der Waals surface area contributed by atoms with E-state index in [1.165, 1.54) is 19.3 Å². The summed E-state index contributed by atoms with van der Waals surface area (Å²) in [6.45, 7) is 14.6. The monoisotopic (exact) mass is 637 g/mol. The molecule has 0 aliphatic heterocycles. The van der Waals surface area contributed by atoms with Crippen LogP contribution in [0, 0.1) is 46.3 Å². The van der Waals surface area contributed by atoms with E-state index in [0.29, 0.717) is 61.9 Å². The number of hydrogen-bond acceptors (Lipinski definition) is 8. The Hall–Kier alpha value is -0.970. The molecule has 10 nitrogen and oxygen atoms in total. The van der Waals surface area contributed by atoms with Gasteiger partial charge in [0.1, 0.15) is 0 Å². The van der Waals surface area contributed by atoms with Gasteiger partial charge in [-0.1, -0.05) is 39.2 Å². The van der Waals surface area contributed by atoms with Gasteiger partial charge < -0.3 is 36.5 Å². The van der Waals surface area contributed by atoms with Gasteiger partial charge >= 0.3 is 0 Å². The summed E-state index contributed by atoms with van der Waals surface area (Å²) in [5, 5.41) is 13.6. The molecule has 0 heterocycles. The number of rotatable bonds is 17. The van der Waals surface area contributed by atoms with Gasteiger partial charge in [-0.3, -0.25) is 0 Å². The summed E-state index contributed by atoms with van der Waals surface area (Å²) in [4.78, 5) is 2.60. The molecule has 4 aliphatic rings. The highest BCUT2D eigenvalue weighted by atomic mass is 16.5. The normalized spacial score (nSPS) is 37.8. The highest BCUT2D eigenvalue weighted by molar-refractivity contribution is 5.15. The maximum Gasteiger partial charge on any atom is 0.0637 e. The van der Waals surface area contributed by atoms with Gasteiger partial charge in [-0.2, -0.15) is 0 Å². The van der Waals surface area contributed by atoms with Crippen molar-refractivity contribution in [1.82, 2.24) is 0 Å². The number of nitrogens with two attached hydrogens (primary N) is 3. The molecule has 0 spiro atoms. The molecule has 2 unspecified atom stereocenters. The Morgan fingerprint density at radius 3 is 2.18 bits per heavy atom. The predicted octanol–water partition coefficient (Wildman–Crippen LogP) is 5.79. The number of azide groups is 1. The summed E-state index contributed by atoms with van der Waals surface area (Å²) < 4.78 is 19.9. The maximum atomic E-state index is 10.2. The topological polar surface area (TPSA) is 175 Å². The van der Waals surface area contributed by atoms with Crippen molar-refractivity contribution in [1.29, 1.82) is 0 Å². The van der Waals surface area contributed by atoms with Gasteiger partial charge in [0.15, 0.2) is 0 Å². The van der Waals surface area contributed by atoms with E-state index in [-0.39, 0.29) is 35.6 Å². The van der Waals surface area contributed by atoms with Crippen LogP contribution < -0.4 is 17.2 Å². The van der Waals surface area contributed by atoms with E-state index in [1.807, 2.05) is 0 Å². The highest BCUT2D eigenvalue weighted by Crippen LogP contribution is 2.69. The van der Waals surface area contributed by atoms with Crippen LogP contribution in [0.3, 0.4) is 0 Å². The lowest BCUT2D eigenvalue weighted by molar-refractivity contribution is -0.228. The van der Waals surface area contributed by atoms with Crippen molar-refractivity contribution in [2.75, 3.05) is 52.6 Å². The molecule has 0 aromatic rings. The van der Waals surface area contributed by atoms with Crippen LogP contribution in [0.25, 0.3) is 10.4 Å². The number of hydrogen-bond donors (Lipinski definition) is 4. The van der Waals surface area contributed by atoms with Gasteiger partial charge in [-0.25, -0.2) is 0 Å². The Balaban J connectivity index is 0.000000707. The minimum Gasteiger partial charge on any atom is -0.396 e. The van der Waals surface area contributed by atoms with Gasteiger partial charge in [0.05, 0.1) is 18.3 Å². The predicted molar refractivity (Wildman–Crippen MR) is 181 cm³/mol. The lowest BCUT2D eigenvalue weighted by Crippen LogP contribution is -2.63. The SMILES string of the molecule is CCCCN=[N+]=[N-].C[C@H](CO)[C@H]1CC[C@H]2C3[C@H](OCCCN)CC4C[C@H](OCCCN)CC[C@]4(C)[C@H]3C[C@H](OCCCN)[C@]12C. The molecule has 4 rings (SSSR count). The average Bonchev–Trinajstić information content (AvgIpc) is 3.40. The molecular weight excluding hydrogens is 568 g/mol. The molecule has 4 fully saturated rings. The second kappa shape index (κ2) is 19.1. The number of nitrogens with zero attached hydrogens (tertiary/aromatic N) is 3. The molecule has 4 saturated carbocycles. The third kappa shape index (κ3) is 9.14. The second-order valence-electron chi connectivity index (χ2n) is 14.9. The minimum absolute atomic E-state index is 0.0547. The largest absolute Gasteiger partial charge is 0.396 e. The molecule has 0 aromatic heterocycles. The molecule has 0 amide bonds. The van der Waals surface area contributed by atoms with Gasteiger partial charge in [-0.05, 0) is 137 Å². The molecule has 7 N–H and O–H groups in total. The first kappa shape index (κ1) is 38.5. The van der Waals surface area contributed by atoms with Gasteiger partial charge in [-0.15, -0.1) is 0 Å². The lowest BCUT2D eigenvalue weighted by atomic mass is 9.43. The maximum absolute atomic E-state index is 10.2. The number of aliphatic hydroxyl groups excluding tert-OH is 1. The van der Waals surface area contributed by atoms with E-state index >= 15 is 0 Å². The lowest BCUT2D eigenvalue weighted by Gasteiger charge is -2.64. The van der Waals surface area contributed by atoms with E-state index in [0.717, 1.165) is 77.6 Å². The molecule has 11 atom stereocenters. The summed E-state index contributed by atoms with van der Waals surface area (Å²) in [5.74, 6) is 3.04. The first-order valence-corrected chi connectivity index (χ1v) is 18.3. The van der Waals surface area contributed by atoms with Crippen LogP contribution in [0.1, 0.15) is 105 Å². The third-order valence-electron chi connectivity index (χ3n) is 12.5. The molecule has 0 saturated heterocycles. The number of unbranched alkanes of at least 4 members (excludes halogenated alkanes) is 1. The number of ether oxygens (including phenoxy) is 3. The Morgan fingerprint density at radius 2 is 1.56 bits per heavy atom. The van der Waals surface area contributed by atoms with Crippen molar-refractivity contribution >= 4 is 0 Å². The fourth-order valence-corrected chi connectivity index (χ4v) is 10.00. The van der Waals surface area contributed by atoms with Crippen LogP contribution >= 0.6 is 0 Å². The first-order valence-electron chi connectivity index (χ1n) is 18.3. The number of aliphatic hydroxyl groups is 1. The van der Waals surface area contributed by atoms with Crippen LogP contribution in [0.5, 0.6) is 0 Å². The van der Waals surface area contributed by atoms with Gasteiger partial charge in [0.25, 0.3) is 0 Å². The molecule has 0 radical (unpaired) electrons. The summed E-state index contributed by atoms with van der Waals surface area (Å²) in [6, 6.07) is 0. The van der Waals surface area contributed by atoms with Crippen LogP contribution in [-0.2, 0) is 14.2 Å². The minimum atomic E-state index is 0.0547. The Kier molecular flexibility index (Phi) is 16.4. The fourth-order valence-electron chi connectivity index (χ4n) is 10.00. The second-order valence-corrected chi connectivity index (χ2v) is 14.9. The van der Waals surface area contributed by atoms with Gasteiger partial charge in [0.2, 0.25) is 0 Å². The molecule has 45 heavy (non-hydrogen) atoms. The summed E-state index contributed by atoms with van der Waals surface area (Å²) in [6.07, 6.45) is 13.8. The van der Waals surface area contributed by atoms with Crippen molar-refractivity contribution in [3.8, 4) is 0 Å². The molecule has 0 aromatic carbocycles. The highest BCUT2D eigenvalue weighted by Gasteiger charge is 2.66. The van der Waals surface area contributed by atoms with E-state index < -0.39 is 0 Å². The van der Waals surface area contributed by atoms with E-state index in [9.17, 15) is 5.11 Å². The quantitative estimate of drug-likeness (QED) is 0.0676. The standard InChI is InChI=1S/C31H59N3O4.C4H9N3/c1-21(20-35)24-7-8-25-29-26(19-28(31(24,25)3)38-16-6-13-34)30(2)10-9-23(36-14-4-11-32)17-22(30)18-27(29)37-15-5-12-33;1-2-3-4-6-7-5/h21-29,35H,4-20,32-34H2,1-3H3;2-4H2,1H3/t21-,22?,23-,24-,25+,26+,27-,28+,29?,30+,31-;/m1./s1. The summed E-state index contributed by atoms with van der Waals surface area (Å²) >= 11 is 0. The van der Waals surface area contributed by atoms with Gasteiger partial charge in [0, 0.05) is 43.3 Å².